The van der Waals surface area contributed by atoms with E-state index in [9.17, 15) is 24.6 Å². The molecule has 0 heterocycles. The van der Waals surface area contributed by atoms with E-state index < -0.39 is 42.2 Å². The fourth-order valence-electron chi connectivity index (χ4n) is 4.33. The van der Waals surface area contributed by atoms with E-state index in [2.05, 4.69) is 10.6 Å². The normalized spacial score (nSPS) is 13.7. The number of carbonyl (C=O) groups is 3. The molecule has 214 valence electrons. The number of anilines is 1. The summed E-state index contributed by atoms with van der Waals surface area (Å²) in [4.78, 5) is 42.0. The molecule has 39 heavy (non-hydrogen) atoms. The van der Waals surface area contributed by atoms with Crippen molar-refractivity contribution < 1.29 is 29.3 Å². The maximum atomic E-state index is 14.1. The van der Waals surface area contributed by atoms with Gasteiger partial charge in [0.2, 0.25) is 5.91 Å². The predicted octanol–water partition coefficient (Wildman–Crippen LogP) is 4.76. The minimum atomic E-state index is -1.30. The number of aryl methyl sites for hydroxylation is 3. The van der Waals surface area contributed by atoms with Crippen LogP contribution in [0.25, 0.3) is 0 Å². The first kappa shape index (κ1) is 31.6. The van der Waals surface area contributed by atoms with Crippen LogP contribution in [0, 0.1) is 26.7 Å². The Balaban J connectivity index is 2.62. The Morgan fingerprint density at radius 1 is 1.00 bits per heavy atom. The molecule has 0 bridgehead atoms. The van der Waals surface area contributed by atoms with Crippen LogP contribution in [0.4, 0.5) is 10.5 Å². The topological polar surface area (TPSA) is 128 Å². The number of amides is 3. The Kier molecular flexibility index (Phi) is 10.9. The van der Waals surface area contributed by atoms with E-state index in [0.29, 0.717) is 17.7 Å². The van der Waals surface area contributed by atoms with E-state index in [1.807, 2.05) is 45.9 Å². The number of aromatic hydroxyl groups is 1. The number of benzene rings is 2. The molecule has 0 aliphatic carbocycles. The molecule has 0 saturated carbocycles. The molecule has 0 aromatic heterocycles. The Labute approximate surface area is 231 Å². The molecular formula is C30H43N3O6. The number of nitrogens with zero attached hydrogens (tertiary/aromatic N) is 1. The second kappa shape index (κ2) is 13.5. The molecule has 0 radical (unpaired) electrons. The van der Waals surface area contributed by atoms with Gasteiger partial charge in [-0.1, -0.05) is 56.7 Å². The van der Waals surface area contributed by atoms with Gasteiger partial charge < -0.3 is 30.5 Å². The summed E-state index contributed by atoms with van der Waals surface area (Å²) in [7, 11) is 0. The van der Waals surface area contributed by atoms with Gasteiger partial charge in [0.05, 0.1) is 6.61 Å². The lowest BCUT2D eigenvalue weighted by Crippen LogP contribution is -2.55. The van der Waals surface area contributed by atoms with Crippen molar-refractivity contribution in [3.8, 4) is 5.75 Å². The van der Waals surface area contributed by atoms with Gasteiger partial charge in [0, 0.05) is 17.8 Å². The van der Waals surface area contributed by atoms with Gasteiger partial charge in [-0.15, -0.1) is 0 Å². The number of phenolic OH excluding ortho intramolecular Hbond substituents is 1. The summed E-state index contributed by atoms with van der Waals surface area (Å²) in [5, 5.41) is 26.6. The molecule has 0 saturated heterocycles. The van der Waals surface area contributed by atoms with E-state index in [1.54, 1.807) is 45.9 Å². The summed E-state index contributed by atoms with van der Waals surface area (Å²) in [6.45, 7) is 13.6. The van der Waals surface area contributed by atoms with Gasteiger partial charge in [-0.2, -0.15) is 0 Å². The molecule has 4 N–H and O–H groups in total. The summed E-state index contributed by atoms with van der Waals surface area (Å²) < 4.78 is 5.40. The summed E-state index contributed by atoms with van der Waals surface area (Å²) in [5.74, 6) is -1.59. The number of aliphatic hydroxyl groups excluding tert-OH is 1. The van der Waals surface area contributed by atoms with Gasteiger partial charge in [0.1, 0.15) is 23.4 Å². The number of para-hydroxylation sites is 2. The van der Waals surface area contributed by atoms with Crippen molar-refractivity contribution in [2.24, 2.45) is 5.92 Å². The van der Waals surface area contributed by atoms with Crippen molar-refractivity contribution in [2.75, 3.05) is 18.5 Å². The molecule has 0 fully saturated rings. The molecule has 3 unspecified atom stereocenters. The number of aliphatic hydroxyl groups is 1. The van der Waals surface area contributed by atoms with Gasteiger partial charge in [-0.25, -0.2) is 4.79 Å². The predicted molar refractivity (Wildman–Crippen MR) is 152 cm³/mol. The number of hydrogen-bond acceptors (Lipinski definition) is 6. The molecule has 3 atom stereocenters. The lowest BCUT2D eigenvalue weighted by molar-refractivity contribution is -0.142. The largest absolute Gasteiger partial charge is 0.507 e. The number of ether oxygens (including phenoxy) is 1. The number of phenols is 1. The van der Waals surface area contributed by atoms with Crippen LogP contribution < -0.4 is 10.6 Å². The van der Waals surface area contributed by atoms with Gasteiger partial charge in [-0.05, 0) is 64.2 Å². The third-order valence-electron chi connectivity index (χ3n) is 6.63. The van der Waals surface area contributed by atoms with Crippen LogP contribution in [-0.4, -0.2) is 57.8 Å². The first-order valence-corrected chi connectivity index (χ1v) is 13.3. The first-order valence-electron chi connectivity index (χ1n) is 13.3. The molecule has 0 aliphatic rings. The zero-order valence-electron chi connectivity index (χ0n) is 24.3. The summed E-state index contributed by atoms with van der Waals surface area (Å²) in [6.07, 6.45) is -0.214. The van der Waals surface area contributed by atoms with Gasteiger partial charge >= 0.3 is 6.09 Å². The van der Waals surface area contributed by atoms with Gasteiger partial charge in [-0.3, -0.25) is 9.59 Å². The average Bonchev–Trinajstić information content (AvgIpc) is 2.85. The summed E-state index contributed by atoms with van der Waals surface area (Å²) in [6, 6.07) is 8.23. The molecule has 0 aliphatic heterocycles. The van der Waals surface area contributed by atoms with E-state index in [1.165, 1.54) is 4.90 Å². The Morgan fingerprint density at radius 3 is 2.10 bits per heavy atom. The maximum Gasteiger partial charge on any atom is 0.408 e. The van der Waals surface area contributed by atoms with Crippen molar-refractivity contribution in [2.45, 2.75) is 79.5 Å². The lowest BCUT2D eigenvalue weighted by Gasteiger charge is -2.36. The molecule has 3 amide bonds. The minimum Gasteiger partial charge on any atom is -0.507 e. The summed E-state index contributed by atoms with van der Waals surface area (Å²) in [5.41, 5.74) is 2.22. The number of carbonyl (C=O) groups excluding carboxylic acids is 3. The van der Waals surface area contributed by atoms with E-state index in [4.69, 9.17) is 4.74 Å². The van der Waals surface area contributed by atoms with Crippen LogP contribution in [0.5, 0.6) is 5.75 Å². The molecular weight excluding hydrogens is 498 g/mol. The molecule has 2 aromatic carbocycles. The zero-order chi connectivity index (χ0) is 29.5. The van der Waals surface area contributed by atoms with Crippen LogP contribution >= 0.6 is 0 Å². The van der Waals surface area contributed by atoms with Crippen LogP contribution in [0.3, 0.4) is 0 Å². The summed E-state index contributed by atoms with van der Waals surface area (Å²) >= 11 is 0. The SMILES string of the molecule is CCC(C)C(NC(=O)OC(C)(C)C)C(=O)N(CCO)C(C(=O)Nc1c(C)cccc1C)c1cccc(C)c1O. The second-order valence-corrected chi connectivity index (χ2v) is 10.9. The molecule has 9 heteroatoms. The molecule has 2 rings (SSSR count). The highest BCUT2D eigenvalue weighted by atomic mass is 16.6. The fourth-order valence-corrected chi connectivity index (χ4v) is 4.33. The highest BCUT2D eigenvalue weighted by molar-refractivity contribution is 6.00. The van der Waals surface area contributed by atoms with Crippen LogP contribution in [-0.2, 0) is 14.3 Å². The van der Waals surface area contributed by atoms with Crippen molar-refractivity contribution in [3.05, 3.63) is 58.7 Å². The quantitative estimate of drug-likeness (QED) is 0.343. The standard InChI is InChI=1S/C30H43N3O6/c1-9-18(2)24(32-29(38)39-30(6,7)8)28(37)33(16-17-34)25(22-15-11-14-21(5)26(22)35)27(36)31-23-19(3)12-10-13-20(23)4/h10-15,18,24-25,34-35H,9,16-17H2,1-8H3,(H,31,36)(H,32,38). The number of rotatable bonds is 10. The highest BCUT2D eigenvalue weighted by Gasteiger charge is 2.39. The van der Waals surface area contributed by atoms with E-state index in [0.717, 1.165) is 11.1 Å². The van der Waals surface area contributed by atoms with Gasteiger partial charge in [0.15, 0.2) is 0 Å². The second-order valence-electron chi connectivity index (χ2n) is 10.9. The van der Waals surface area contributed by atoms with E-state index in [-0.39, 0.29) is 23.8 Å². The third kappa shape index (κ3) is 8.20. The van der Waals surface area contributed by atoms with Crippen LogP contribution in [0.15, 0.2) is 36.4 Å². The molecule has 0 spiro atoms. The number of nitrogens with one attached hydrogen (secondary N) is 2. The average molecular weight is 542 g/mol. The third-order valence-corrected chi connectivity index (χ3v) is 6.63. The first-order chi connectivity index (χ1) is 18.2. The molecule has 2 aromatic rings. The van der Waals surface area contributed by atoms with Gasteiger partial charge in [0.25, 0.3) is 5.91 Å². The smallest absolute Gasteiger partial charge is 0.408 e. The number of hydrogen-bond donors (Lipinski definition) is 4. The minimum absolute atomic E-state index is 0.130. The zero-order valence-corrected chi connectivity index (χ0v) is 24.3. The van der Waals surface area contributed by atoms with Crippen molar-refractivity contribution >= 4 is 23.6 Å². The van der Waals surface area contributed by atoms with E-state index >= 15 is 0 Å². The monoisotopic (exact) mass is 541 g/mol. The van der Waals surface area contributed by atoms with Crippen molar-refractivity contribution in [1.82, 2.24) is 10.2 Å². The van der Waals surface area contributed by atoms with Crippen LogP contribution in [0.1, 0.15) is 69.3 Å². The van der Waals surface area contributed by atoms with Crippen LogP contribution in [0.2, 0.25) is 0 Å². The Hall–Kier alpha value is -3.59. The Bertz CT molecular complexity index is 1150. The number of alkyl carbamates (subject to hydrolysis) is 1. The van der Waals surface area contributed by atoms with Crippen molar-refractivity contribution in [3.63, 3.8) is 0 Å². The highest BCUT2D eigenvalue weighted by Crippen LogP contribution is 2.34. The fraction of sp³-hybridized carbons (Fsp3) is 0.500. The Morgan fingerprint density at radius 2 is 1.56 bits per heavy atom. The van der Waals surface area contributed by atoms with Crippen molar-refractivity contribution in [1.29, 1.82) is 0 Å². The maximum absolute atomic E-state index is 14.1. The lowest BCUT2D eigenvalue weighted by atomic mass is 9.94. The molecule has 9 nitrogen and oxygen atoms in total.